The Morgan fingerprint density at radius 2 is 2.05 bits per heavy atom. The summed E-state index contributed by atoms with van der Waals surface area (Å²) in [4.78, 5) is 3.77. The van der Waals surface area contributed by atoms with Crippen molar-refractivity contribution in [2.45, 2.75) is 32.4 Å². The minimum absolute atomic E-state index is 0.430. The van der Waals surface area contributed by atoms with E-state index in [1.54, 1.807) is 0 Å². The molecular formula is C13H20F3N3. The predicted octanol–water partition coefficient (Wildman–Crippen LogP) is 3.28. The van der Waals surface area contributed by atoms with Crippen molar-refractivity contribution in [3.63, 3.8) is 0 Å². The molecule has 0 aliphatic carbocycles. The predicted molar refractivity (Wildman–Crippen MR) is 69.8 cm³/mol. The van der Waals surface area contributed by atoms with Crippen molar-refractivity contribution in [2.24, 2.45) is 11.7 Å². The zero-order valence-corrected chi connectivity index (χ0v) is 11.0. The van der Waals surface area contributed by atoms with Gasteiger partial charge in [-0.1, -0.05) is 13.3 Å². The Hall–Kier alpha value is -1.30. The van der Waals surface area contributed by atoms with Crippen LogP contribution in [0.1, 0.15) is 31.7 Å². The fourth-order valence-electron chi connectivity index (χ4n) is 1.91. The van der Waals surface area contributed by atoms with E-state index in [-0.39, 0.29) is 0 Å². The van der Waals surface area contributed by atoms with E-state index in [1.165, 1.54) is 6.07 Å². The van der Waals surface area contributed by atoms with Crippen LogP contribution in [-0.4, -0.2) is 18.1 Å². The molecule has 1 rings (SSSR count). The van der Waals surface area contributed by atoms with E-state index in [2.05, 4.69) is 17.2 Å². The van der Waals surface area contributed by atoms with Crippen LogP contribution in [0.5, 0.6) is 0 Å². The lowest BCUT2D eigenvalue weighted by Crippen LogP contribution is -2.18. The number of alkyl halides is 3. The summed E-state index contributed by atoms with van der Waals surface area (Å²) in [6.45, 7) is 3.40. The molecular weight excluding hydrogens is 255 g/mol. The summed E-state index contributed by atoms with van der Waals surface area (Å²) in [7, 11) is 0. The number of rotatable bonds is 7. The van der Waals surface area contributed by atoms with Gasteiger partial charge in [0.1, 0.15) is 5.82 Å². The summed E-state index contributed by atoms with van der Waals surface area (Å²) in [6, 6.07) is 2.39. The van der Waals surface area contributed by atoms with Gasteiger partial charge in [0.25, 0.3) is 0 Å². The van der Waals surface area contributed by atoms with Gasteiger partial charge in [0, 0.05) is 12.7 Å². The first kappa shape index (κ1) is 15.8. The summed E-state index contributed by atoms with van der Waals surface area (Å²) in [5.74, 6) is 0.894. The molecule has 1 aromatic rings. The number of hydrogen-bond acceptors (Lipinski definition) is 3. The molecule has 6 heteroatoms. The Morgan fingerprint density at radius 1 is 1.32 bits per heavy atom. The summed E-state index contributed by atoms with van der Waals surface area (Å²) in [6.07, 6.45) is -0.477. The quantitative estimate of drug-likeness (QED) is 0.803. The lowest BCUT2D eigenvalue weighted by atomic mass is 10.00. The van der Waals surface area contributed by atoms with Gasteiger partial charge in [-0.15, -0.1) is 0 Å². The third-order valence-corrected chi connectivity index (χ3v) is 2.93. The van der Waals surface area contributed by atoms with E-state index in [4.69, 9.17) is 5.73 Å². The second kappa shape index (κ2) is 7.33. The van der Waals surface area contributed by atoms with Gasteiger partial charge in [-0.2, -0.15) is 13.2 Å². The van der Waals surface area contributed by atoms with Crippen LogP contribution in [0.4, 0.5) is 19.0 Å². The van der Waals surface area contributed by atoms with Crippen molar-refractivity contribution < 1.29 is 13.2 Å². The van der Waals surface area contributed by atoms with Gasteiger partial charge in [0.15, 0.2) is 0 Å². The van der Waals surface area contributed by atoms with E-state index in [9.17, 15) is 13.2 Å². The molecule has 108 valence electrons. The standard InChI is InChI=1S/C13H20F3N3/c1-2-3-10(6-7-17)8-18-12-5-4-11(9-19-12)13(14,15)16/h4-5,9-10H,2-3,6-8,17H2,1H3,(H,18,19). The van der Waals surface area contributed by atoms with Gasteiger partial charge in [-0.3, -0.25) is 0 Å². The molecule has 3 N–H and O–H groups in total. The summed E-state index contributed by atoms with van der Waals surface area (Å²) < 4.78 is 37.1. The summed E-state index contributed by atoms with van der Waals surface area (Å²) >= 11 is 0. The molecule has 0 spiro atoms. The highest BCUT2D eigenvalue weighted by atomic mass is 19.4. The van der Waals surface area contributed by atoms with Gasteiger partial charge >= 0.3 is 6.18 Å². The number of nitrogens with two attached hydrogens (primary N) is 1. The molecule has 0 saturated heterocycles. The van der Waals surface area contributed by atoms with Crippen molar-refractivity contribution in [1.29, 1.82) is 0 Å². The molecule has 1 aromatic heterocycles. The van der Waals surface area contributed by atoms with Gasteiger partial charge < -0.3 is 11.1 Å². The smallest absolute Gasteiger partial charge is 0.370 e. The third-order valence-electron chi connectivity index (χ3n) is 2.93. The number of nitrogens with one attached hydrogen (secondary N) is 1. The Labute approximate surface area is 111 Å². The number of hydrogen-bond donors (Lipinski definition) is 2. The molecule has 0 aliphatic rings. The van der Waals surface area contributed by atoms with Crippen molar-refractivity contribution in [3.05, 3.63) is 23.9 Å². The first-order valence-corrected chi connectivity index (χ1v) is 6.44. The molecule has 19 heavy (non-hydrogen) atoms. The molecule has 0 fully saturated rings. The highest BCUT2D eigenvalue weighted by Gasteiger charge is 2.30. The zero-order chi connectivity index (χ0) is 14.3. The minimum atomic E-state index is -4.34. The average molecular weight is 275 g/mol. The second-order valence-electron chi connectivity index (χ2n) is 4.54. The van der Waals surface area contributed by atoms with Crippen LogP contribution in [-0.2, 0) is 6.18 Å². The Kier molecular flexibility index (Phi) is 6.08. The van der Waals surface area contributed by atoms with Crippen molar-refractivity contribution in [1.82, 2.24) is 4.98 Å². The Balaban J connectivity index is 2.53. The molecule has 1 heterocycles. The normalized spacial score (nSPS) is 13.3. The van der Waals surface area contributed by atoms with Crippen LogP contribution in [0.3, 0.4) is 0 Å². The molecule has 1 unspecified atom stereocenters. The van der Waals surface area contributed by atoms with Gasteiger partial charge in [-0.05, 0) is 37.4 Å². The maximum absolute atomic E-state index is 12.4. The fraction of sp³-hybridized carbons (Fsp3) is 0.615. The zero-order valence-electron chi connectivity index (χ0n) is 11.0. The van der Waals surface area contributed by atoms with Crippen LogP contribution in [0, 0.1) is 5.92 Å². The van der Waals surface area contributed by atoms with Crippen molar-refractivity contribution >= 4 is 5.82 Å². The first-order valence-electron chi connectivity index (χ1n) is 6.44. The van der Waals surface area contributed by atoms with E-state index in [0.717, 1.165) is 31.5 Å². The van der Waals surface area contributed by atoms with Crippen LogP contribution in [0.2, 0.25) is 0 Å². The summed E-state index contributed by atoms with van der Waals surface area (Å²) in [5.41, 5.74) is 4.80. The van der Waals surface area contributed by atoms with Crippen molar-refractivity contribution in [3.8, 4) is 0 Å². The van der Waals surface area contributed by atoms with Gasteiger partial charge in [-0.25, -0.2) is 4.98 Å². The molecule has 0 radical (unpaired) electrons. The average Bonchev–Trinajstić information content (AvgIpc) is 2.36. The Bertz CT molecular complexity index is 356. The number of nitrogens with zero attached hydrogens (tertiary/aromatic N) is 1. The maximum atomic E-state index is 12.4. The molecule has 1 atom stereocenters. The minimum Gasteiger partial charge on any atom is -0.370 e. The molecule has 0 aliphatic heterocycles. The topological polar surface area (TPSA) is 50.9 Å². The lowest BCUT2D eigenvalue weighted by molar-refractivity contribution is -0.137. The molecule has 0 amide bonds. The summed E-state index contributed by atoms with van der Waals surface area (Å²) in [5, 5.41) is 3.06. The number of pyridine rings is 1. The van der Waals surface area contributed by atoms with E-state index in [1.807, 2.05) is 0 Å². The van der Waals surface area contributed by atoms with Crippen LogP contribution >= 0.6 is 0 Å². The lowest BCUT2D eigenvalue weighted by Gasteiger charge is -2.16. The third kappa shape index (κ3) is 5.46. The molecule has 3 nitrogen and oxygen atoms in total. The number of anilines is 1. The highest BCUT2D eigenvalue weighted by molar-refractivity contribution is 5.36. The van der Waals surface area contributed by atoms with Crippen LogP contribution < -0.4 is 11.1 Å². The van der Waals surface area contributed by atoms with E-state index < -0.39 is 11.7 Å². The second-order valence-corrected chi connectivity index (χ2v) is 4.54. The van der Waals surface area contributed by atoms with Crippen molar-refractivity contribution in [2.75, 3.05) is 18.4 Å². The fourth-order valence-corrected chi connectivity index (χ4v) is 1.91. The van der Waals surface area contributed by atoms with Crippen LogP contribution in [0.25, 0.3) is 0 Å². The van der Waals surface area contributed by atoms with Gasteiger partial charge in [0.05, 0.1) is 5.56 Å². The SMILES string of the molecule is CCCC(CCN)CNc1ccc(C(F)(F)F)cn1. The molecule has 0 bridgehead atoms. The monoisotopic (exact) mass is 275 g/mol. The van der Waals surface area contributed by atoms with E-state index >= 15 is 0 Å². The molecule has 0 aromatic carbocycles. The number of aromatic nitrogens is 1. The molecule has 0 saturated carbocycles. The first-order chi connectivity index (χ1) is 8.97. The largest absolute Gasteiger partial charge is 0.417 e. The number of halogens is 3. The van der Waals surface area contributed by atoms with E-state index in [0.29, 0.717) is 24.8 Å². The maximum Gasteiger partial charge on any atom is 0.417 e. The van der Waals surface area contributed by atoms with Gasteiger partial charge in [0.2, 0.25) is 0 Å². The van der Waals surface area contributed by atoms with Crippen LogP contribution in [0.15, 0.2) is 18.3 Å². The Morgan fingerprint density at radius 3 is 2.53 bits per heavy atom. The highest BCUT2D eigenvalue weighted by Crippen LogP contribution is 2.28.